The number of carbonyl (C=O) groups excluding carboxylic acids is 1. The van der Waals surface area contributed by atoms with Gasteiger partial charge in [-0.05, 0) is 24.3 Å². The summed E-state index contributed by atoms with van der Waals surface area (Å²) in [6, 6.07) is 12.6. The van der Waals surface area contributed by atoms with Crippen LogP contribution in [0.2, 0.25) is 0 Å². The van der Waals surface area contributed by atoms with E-state index < -0.39 is 11.6 Å². The minimum absolute atomic E-state index is 0.0634. The number of halogens is 2. The Morgan fingerprint density at radius 1 is 1.14 bits per heavy atom. The summed E-state index contributed by atoms with van der Waals surface area (Å²) in [4.78, 5) is 11.9. The van der Waals surface area contributed by atoms with Crippen molar-refractivity contribution < 1.29 is 18.3 Å². The van der Waals surface area contributed by atoms with Crippen LogP contribution in [-0.4, -0.2) is 24.8 Å². The summed E-state index contributed by atoms with van der Waals surface area (Å²) in [5.41, 5.74) is 0. The average Bonchev–Trinajstić information content (AvgIpc) is 2.52. The molecule has 0 spiro atoms. The van der Waals surface area contributed by atoms with Crippen LogP contribution in [0.15, 0.2) is 53.4 Å². The Balaban J connectivity index is 1.65. The van der Waals surface area contributed by atoms with Crippen molar-refractivity contribution in [2.45, 2.75) is 4.90 Å². The van der Waals surface area contributed by atoms with Crippen LogP contribution in [0.3, 0.4) is 0 Å². The van der Waals surface area contributed by atoms with Gasteiger partial charge in [0.15, 0.2) is 0 Å². The zero-order valence-corrected chi connectivity index (χ0v) is 12.5. The summed E-state index contributed by atoms with van der Waals surface area (Å²) in [7, 11) is 0. The largest absolute Gasteiger partial charge is 0.492 e. The predicted molar refractivity (Wildman–Crippen MR) is 82.0 cm³/mol. The molecular formula is C16H15F2NO2S. The molecule has 1 amide bonds. The molecule has 1 N–H and O–H groups in total. The Kier molecular flexibility index (Phi) is 6.21. The van der Waals surface area contributed by atoms with Gasteiger partial charge >= 0.3 is 0 Å². The van der Waals surface area contributed by atoms with Gasteiger partial charge in [-0.3, -0.25) is 4.79 Å². The van der Waals surface area contributed by atoms with Crippen LogP contribution in [0.25, 0.3) is 0 Å². The van der Waals surface area contributed by atoms with E-state index in [2.05, 4.69) is 5.32 Å². The standard InChI is InChI=1S/C16H15F2NO2S/c17-12-6-7-15(14(18)10-12)22-11-16(20)19-8-9-21-13-4-2-1-3-5-13/h1-7,10H,8-9,11H2,(H,19,20). The van der Waals surface area contributed by atoms with E-state index in [0.29, 0.717) is 13.2 Å². The van der Waals surface area contributed by atoms with E-state index in [0.717, 1.165) is 29.6 Å². The van der Waals surface area contributed by atoms with Crippen molar-refractivity contribution in [2.75, 3.05) is 18.9 Å². The molecule has 0 aliphatic carbocycles. The van der Waals surface area contributed by atoms with Crippen molar-refractivity contribution in [2.24, 2.45) is 0 Å². The van der Waals surface area contributed by atoms with Gasteiger partial charge in [0.05, 0.1) is 12.3 Å². The van der Waals surface area contributed by atoms with Crippen LogP contribution < -0.4 is 10.1 Å². The highest BCUT2D eigenvalue weighted by atomic mass is 32.2. The first-order chi connectivity index (χ1) is 10.6. The van der Waals surface area contributed by atoms with E-state index in [9.17, 15) is 13.6 Å². The first-order valence-electron chi connectivity index (χ1n) is 6.67. The molecule has 0 saturated heterocycles. The molecule has 22 heavy (non-hydrogen) atoms. The molecule has 0 aliphatic heterocycles. The maximum Gasteiger partial charge on any atom is 0.230 e. The molecule has 0 heterocycles. The fraction of sp³-hybridized carbons (Fsp3) is 0.188. The molecule has 2 rings (SSSR count). The van der Waals surface area contributed by atoms with E-state index in [-0.39, 0.29) is 16.6 Å². The molecule has 2 aromatic carbocycles. The van der Waals surface area contributed by atoms with E-state index in [1.807, 2.05) is 30.3 Å². The smallest absolute Gasteiger partial charge is 0.230 e. The van der Waals surface area contributed by atoms with Crippen LogP contribution in [0.1, 0.15) is 0 Å². The van der Waals surface area contributed by atoms with Crippen molar-refractivity contribution in [3.8, 4) is 5.75 Å². The van der Waals surface area contributed by atoms with Crippen molar-refractivity contribution in [3.63, 3.8) is 0 Å². The Hall–Kier alpha value is -2.08. The van der Waals surface area contributed by atoms with Crippen LogP contribution in [0.4, 0.5) is 8.78 Å². The van der Waals surface area contributed by atoms with Gasteiger partial charge in [-0.25, -0.2) is 8.78 Å². The molecule has 116 valence electrons. The molecule has 0 aromatic heterocycles. The topological polar surface area (TPSA) is 38.3 Å². The van der Waals surface area contributed by atoms with Crippen LogP contribution >= 0.6 is 11.8 Å². The summed E-state index contributed by atoms with van der Waals surface area (Å²) in [5.74, 6) is -0.729. The Labute approximate surface area is 131 Å². The molecule has 0 fully saturated rings. The second-order valence-electron chi connectivity index (χ2n) is 4.37. The maximum atomic E-state index is 13.4. The molecule has 3 nitrogen and oxygen atoms in total. The summed E-state index contributed by atoms with van der Waals surface area (Å²) in [6.45, 7) is 0.714. The van der Waals surface area contributed by atoms with E-state index in [1.165, 1.54) is 6.07 Å². The third-order valence-electron chi connectivity index (χ3n) is 2.69. The zero-order valence-electron chi connectivity index (χ0n) is 11.7. The van der Waals surface area contributed by atoms with Gasteiger partial charge in [0.2, 0.25) is 5.91 Å². The summed E-state index contributed by atoms with van der Waals surface area (Å²) < 4.78 is 31.6. The SMILES string of the molecule is O=C(CSc1ccc(F)cc1F)NCCOc1ccccc1. The number of amides is 1. The molecule has 0 atom stereocenters. The monoisotopic (exact) mass is 323 g/mol. The third-order valence-corrected chi connectivity index (χ3v) is 3.74. The lowest BCUT2D eigenvalue weighted by Gasteiger charge is -2.08. The highest BCUT2D eigenvalue weighted by Gasteiger charge is 2.07. The van der Waals surface area contributed by atoms with Gasteiger partial charge in [-0.2, -0.15) is 0 Å². The van der Waals surface area contributed by atoms with Gasteiger partial charge in [-0.15, -0.1) is 11.8 Å². The minimum Gasteiger partial charge on any atom is -0.492 e. The van der Waals surface area contributed by atoms with Gasteiger partial charge < -0.3 is 10.1 Å². The molecule has 0 unspecified atom stereocenters. The quantitative estimate of drug-likeness (QED) is 0.628. The molecule has 0 radical (unpaired) electrons. The van der Waals surface area contributed by atoms with Crippen LogP contribution in [0, 0.1) is 11.6 Å². The third kappa shape index (κ3) is 5.37. The number of carbonyl (C=O) groups is 1. The Bertz CT molecular complexity index is 623. The Morgan fingerprint density at radius 2 is 1.91 bits per heavy atom. The Morgan fingerprint density at radius 3 is 2.64 bits per heavy atom. The van der Waals surface area contributed by atoms with Gasteiger partial charge in [0.1, 0.15) is 24.0 Å². The molecule has 0 saturated carbocycles. The lowest BCUT2D eigenvalue weighted by molar-refractivity contribution is -0.118. The van der Waals surface area contributed by atoms with Gasteiger partial charge in [0.25, 0.3) is 0 Å². The van der Waals surface area contributed by atoms with Crippen molar-refractivity contribution >= 4 is 17.7 Å². The average molecular weight is 323 g/mol. The van der Waals surface area contributed by atoms with E-state index >= 15 is 0 Å². The number of benzene rings is 2. The van der Waals surface area contributed by atoms with Gasteiger partial charge in [0, 0.05) is 11.0 Å². The van der Waals surface area contributed by atoms with Crippen molar-refractivity contribution in [3.05, 3.63) is 60.2 Å². The molecule has 6 heteroatoms. The lowest BCUT2D eigenvalue weighted by atomic mass is 10.3. The number of hydrogen-bond donors (Lipinski definition) is 1. The molecule has 2 aromatic rings. The number of ether oxygens (including phenoxy) is 1. The lowest BCUT2D eigenvalue weighted by Crippen LogP contribution is -2.29. The number of nitrogens with one attached hydrogen (secondary N) is 1. The summed E-state index contributed by atoms with van der Waals surface area (Å²) >= 11 is 1.02. The van der Waals surface area contributed by atoms with E-state index in [1.54, 1.807) is 0 Å². The number of thioether (sulfide) groups is 1. The second-order valence-corrected chi connectivity index (χ2v) is 5.39. The van der Waals surface area contributed by atoms with Crippen LogP contribution in [0.5, 0.6) is 5.75 Å². The van der Waals surface area contributed by atoms with Crippen LogP contribution in [-0.2, 0) is 4.79 Å². The summed E-state index contributed by atoms with van der Waals surface area (Å²) in [6.07, 6.45) is 0. The molecule has 0 bridgehead atoms. The minimum atomic E-state index is -0.662. The second kappa shape index (κ2) is 8.38. The predicted octanol–water partition coefficient (Wildman–Crippen LogP) is 3.25. The maximum absolute atomic E-state index is 13.4. The highest BCUT2D eigenvalue weighted by Crippen LogP contribution is 2.21. The van der Waals surface area contributed by atoms with E-state index in [4.69, 9.17) is 4.74 Å². The highest BCUT2D eigenvalue weighted by molar-refractivity contribution is 8.00. The fourth-order valence-corrected chi connectivity index (χ4v) is 2.41. The molecular weight excluding hydrogens is 308 g/mol. The fourth-order valence-electron chi connectivity index (χ4n) is 1.66. The van der Waals surface area contributed by atoms with Gasteiger partial charge in [-0.1, -0.05) is 18.2 Å². The first-order valence-corrected chi connectivity index (χ1v) is 7.66. The first kappa shape index (κ1) is 16.3. The number of hydrogen-bond acceptors (Lipinski definition) is 3. The van der Waals surface area contributed by atoms with Crippen molar-refractivity contribution in [1.29, 1.82) is 0 Å². The van der Waals surface area contributed by atoms with Crippen molar-refractivity contribution in [1.82, 2.24) is 5.32 Å². The normalized spacial score (nSPS) is 10.3. The number of para-hydroxylation sites is 1. The zero-order chi connectivity index (χ0) is 15.8. The summed E-state index contributed by atoms with van der Waals surface area (Å²) in [5, 5.41) is 2.67. The molecule has 0 aliphatic rings. The number of rotatable bonds is 7.